The summed E-state index contributed by atoms with van der Waals surface area (Å²) in [7, 11) is 2.00. The van der Waals surface area contributed by atoms with E-state index < -0.39 is 0 Å². The van der Waals surface area contributed by atoms with Crippen molar-refractivity contribution in [3.05, 3.63) is 23.4 Å². The summed E-state index contributed by atoms with van der Waals surface area (Å²) in [6.07, 6.45) is 10.0. The molecular weight excluding hydrogens is 258 g/mol. The van der Waals surface area contributed by atoms with Crippen molar-refractivity contribution >= 4 is 5.82 Å². The van der Waals surface area contributed by atoms with Crippen LogP contribution in [-0.4, -0.2) is 25.1 Å². The Labute approximate surface area is 129 Å². The van der Waals surface area contributed by atoms with Crippen LogP contribution in [0.25, 0.3) is 0 Å². The Morgan fingerprint density at radius 2 is 1.81 bits per heavy atom. The topological polar surface area (TPSA) is 28.2 Å². The predicted molar refractivity (Wildman–Crippen MR) is 88.7 cm³/mol. The van der Waals surface area contributed by atoms with Crippen molar-refractivity contribution in [3.63, 3.8) is 0 Å². The number of hydrogen-bond acceptors (Lipinski definition) is 3. The minimum atomic E-state index is 0.673. The van der Waals surface area contributed by atoms with Crippen LogP contribution in [0, 0.1) is 12.3 Å². The maximum atomic E-state index is 4.77. The molecule has 1 saturated heterocycles. The summed E-state index contributed by atoms with van der Waals surface area (Å²) >= 11 is 0. The molecule has 2 heterocycles. The van der Waals surface area contributed by atoms with E-state index in [0.717, 1.165) is 12.2 Å². The molecule has 1 N–H and O–H groups in total. The molecule has 0 aromatic carbocycles. The van der Waals surface area contributed by atoms with Crippen molar-refractivity contribution in [3.8, 4) is 0 Å². The smallest absolute Gasteiger partial charge is 0.129 e. The van der Waals surface area contributed by atoms with Crippen molar-refractivity contribution in [2.24, 2.45) is 5.41 Å². The summed E-state index contributed by atoms with van der Waals surface area (Å²) in [5.74, 6) is 1.19. The lowest BCUT2D eigenvalue weighted by Crippen LogP contribution is -2.41. The van der Waals surface area contributed by atoms with Gasteiger partial charge in [-0.3, -0.25) is 0 Å². The summed E-state index contributed by atoms with van der Waals surface area (Å²) in [6, 6.07) is 4.45. The van der Waals surface area contributed by atoms with Gasteiger partial charge in [-0.2, -0.15) is 0 Å². The third-order valence-electron chi connectivity index (χ3n) is 5.44. The van der Waals surface area contributed by atoms with Crippen LogP contribution in [0.15, 0.2) is 12.1 Å². The molecule has 2 fully saturated rings. The fourth-order valence-electron chi connectivity index (χ4n) is 4.20. The van der Waals surface area contributed by atoms with E-state index >= 15 is 0 Å². The second-order valence-electron chi connectivity index (χ2n) is 7.05. The summed E-state index contributed by atoms with van der Waals surface area (Å²) in [6.45, 7) is 5.41. The molecule has 1 aromatic heterocycles. The molecule has 0 atom stereocenters. The van der Waals surface area contributed by atoms with E-state index in [1.807, 2.05) is 7.05 Å². The van der Waals surface area contributed by atoms with E-state index in [0.29, 0.717) is 5.41 Å². The van der Waals surface area contributed by atoms with Crippen molar-refractivity contribution in [2.75, 3.05) is 25.0 Å². The molecule has 1 aromatic rings. The van der Waals surface area contributed by atoms with Gasteiger partial charge in [0.05, 0.1) is 0 Å². The number of hydrogen-bond donors (Lipinski definition) is 1. The number of pyridine rings is 1. The number of anilines is 1. The van der Waals surface area contributed by atoms with Gasteiger partial charge in [0.1, 0.15) is 5.82 Å². The van der Waals surface area contributed by atoms with Gasteiger partial charge in [0.2, 0.25) is 0 Å². The minimum absolute atomic E-state index is 0.673. The average Bonchev–Trinajstić information content (AvgIpc) is 2.48. The summed E-state index contributed by atoms with van der Waals surface area (Å²) in [5, 5.41) is 3.24. The van der Waals surface area contributed by atoms with E-state index in [-0.39, 0.29) is 0 Å². The molecule has 3 heteroatoms. The first-order valence-electron chi connectivity index (χ1n) is 8.58. The maximum absolute atomic E-state index is 4.77. The monoisotopic (exact) mass is 287 g/mol. The number of rotatable bonds is 3. The zero-order chi connectivity index (χ0) is 14.7. The van der Waals surface area contributed by atoms with E-state index in [2.05, 4.69) is 29.3 Å². The predicted octanol–water partition coefficient (Wildman–Crippen LogP) is 3.66. The van der Waals surface area contributed by atoms with Gasteiger partial charge in [-0.25, -0.2) is 4.98 Å². The fourth-order valence-corrected chi connectivity index (χ4v) is 4.20. The molecule has 3 nitrogen and oxygen atoms in total. The Morgan fingerprint density at radius 3 is 2.48 bits per heavy atom. The Kier molecular flexibility index (Phi) is 4.48. The average molecular weight is 287 g/mol. The van der Waals surface area contributed by atoms with Gasteiger partial charge in [0.25, 0.3) is 0 Å². The van der Waals surface area contributed by atoms with Crippen LogP contribution >= 0.6 is 0 Å². The number of aromatic nitrogens is 1. The van der Waals surface area contributed by atoms with Crippen LogP contribution in [0.3, 0.4) is 0 Å². The van der Waals surface area contributed by atoms with E-state index in [9.17, 15) is 0 Å². The Balaban J connectivity index is 1.68. The maximum Gasteiger partial charge on any atom is 0.129 e. The molecule has 0 amide bonds. The van der Waals surface area contributed by atoms with Gasteiger partial charge in [-0.05, 0) is 62.8 Å². The summed E-state index contributed by atoms with van der Waals surface area (Å²) < 4.78 is 0. The normalized spacial score (nSPS) is 21.7. The lowest BCUT2D eigenvalue weighted by atomic mass is 9.68. The van der Waals surface area contributed by atoms with Crippen molar-refractivity contribution in [2.45, 2.75) is 58.4 Å². The molecule has 1 spiro atoms. The lowest BCUT2D eigenvalue weighted by Gasteiger charge is -2.44. The van der Waals surface area contributed by atoms with Crippen LogP contribution in [0.1, 0.15) is 56.2 Å². The number of nitrogens with zero attached hydrogens (tertiary/aromatic N) is 2. The molecule has 2 aliphatic rings. The van der Waals surface area contributed by atoms with Crippen LogP contribution < -0.4 is 10.2 Å². The highest BCUT2D eigenvalue weighted by atomic mass is 15.2. The van der Waals surface area contributed by atoms with E-state index in [1.54, 1.807) is 0 Å². The zero-order valence-electron chi connectivity index (χ0n) is 13.6. The Hall–Kier alpha value is -1.09. The molecular formula is C18H29N3. The first kappa shape index (κ1) is 14.8. The number of aryl methyl sites for hydroxylation is 1. The molecule has 1 aliphatic heterocycles. The molecule has 1 saturated carbocycles. The van der Waals surface area contributed by atoms with Crippen molar-refractivity contribution < 1.29 is 0 Å². The molecule has 0 unspecified atom stereocenters. The van der Waals surface area contributed by atoms with Gasteiger partial charge in [0.15, 0.2) is 0 Å². The van der Waals surface area contributed by atoms with Gasteiger partial charge in [-0.15, -0.1) is 0 Å². The highest BCUT2D eigenvalue weighted by Gasteiger charge is 2.35. The third kappa shape index (κ3) is 3.39. The van der Waals surface area contributed by atoms with Crippen molar-refractivity contribution in [1.82, 2.24) is 10.3 Å². The van der Waals surface area contributed by atoms with E-state index in [4.69, 9.17) is 4.98 Å². The molecule has 0 bridgehead atoms. The number of piperidine rings is 1. The zero-order valence-corrected chi connectivity index (χ0v) is 13.6. The fraction of sp³-hybridized carbons (Fsp3) is 0.722. The highest BCUT2D eigenvalue weighted by Crippen LogP contribution is 2.44. The van der Waals surface area contributed by atoms with Crippen molar-refractivity contribution in [1.29, 1.82) is 0 Å². The number of nitrogens with one attached hydrogen (secondary N) is 1. The minimum Gasteiger partial charge on any atom is -0.357 e. The summed E-state index contributed by atoms with van der Waals surface area (Å²) in [5.41, 5.74) is 3.15. The molecule has 3 rings (SSSR count). The molecule has 21 heavy (non-hydrogen) atoms. The first-order chi connectivity index (χ1) is 10.2. The third-order valence-corrected chi connectivity index (χ3v) is 5.44. The standard InChI is InChI=1S/C18H29N3/c1-15-12-16(14-19-2)13-17(20-15)21-10-8-18(9-11-21)6-4-3-5-7-18/h12-13,19H,3-11,14H2,1-2H3. The first-order valence-corrected chi connectivity index (χ1v) is 8.58. The second kappa shape index (κ2) is 6.35. The summed E-state index contributed by atoms with van der Waals surface area (Å²) in [4.78, 5) is 7.28. The largest absolute Gasteiger partial charge is 0.357 e. The highest BCUT2D eigenvalue weighted by molar-refractivity contribution is 5.43. The van der Waals surface area contributed by atoms with E-state index in [1.165, 1.54) is 69.4 Å². The van der Waals surface area contributed by atoms with Crippen LogP contribution in [0.4, 0.5) is 5.82 Å². The lowest BCUT2D eigenvalue weighted by molar-refractivity contribution is 0.144. The molecule has 1 aliphatic carbocycles. The van der Waals surface area contributed by atoms with Crippen LogP contribution in [0.2, 0.25) is 0 Å². The molecule has 0 radical (unpaired) electrons. The van der Waals surface area contributed by atoms with Crippen LogP contribution in [-0.2, 0) is 6.54 Å². The van der Waals surface area contributed by atoms with Crippen LogP contribution in [0.5, 0.6) is 0 Å². The molecule has 116 valence electrons. The second-order valence-corrected chi connectivity index (χ2v) is 7.05. The van der Waals surface area contributed by atoms with Gasteiger partial charge < -0.3 is 10.2 Å². The van der Waals surface area contributed by atoms with Gasteiger partial charge >= 0.3 is 0 Å². The quantitative estimate of drug-likeness (QED) is 0.919. The van der Waals surface area contributed by atoms with Gasteiger partial charge in [-0.1, -0.05) is 19.3 Å². The van der Waals surface area contributed by atoms with Gasteiger partial charge in [0, 0.05) is 25.3 Å². The Morgan fingerprint density at radius 1 is 1.10 bits per heavy atom. The Bertz CT molecular complexity index is 467. The SMILES string of the molecule is CNCc1cc(C)nc(N2CCC3(CCCCC3)CC2)c1.